The van der Waals surface area contributed by atoms with Gasteiger partial charge in [0, 0.05) is 29.5 Å². The lowest BCUT2D eigenvalue weighted by Crippen LogP contribution is -2.03. The van der Waals surface area contributed by atoms with Gasteiger partial charge in [-0.1, -0.05) is 24.3 Å². The Hall–Kier alpha value is -3.05. The van der Waals surface area contributed by atoms with Gasteiger partial charge in [0.05, 0.1) is 12.6 Å². The van der Waals surface area contributed by atoms with Crippen molar-refractivity contribution in [3.8, 4) is 17.4 Å². The molecule has 0 bridgehead atoms. The Morgan fingerprint density at radius 1 is 0.923 bits per heavy atom. The quantitative estimate of drug-likeness (QED) is 0.493. The van der Waals surface area contributed by atoms with E-state index >= 15 is 0 Å². The van der Waals surface area contributed by atoms with Crippen LogP contribution in [-0.4, -0.2) is 23.3 Å². The van der Waals surface area contributed by atoms with Crippen LogP contribution in [0.15, 0.2) is 60.7 Å². The first-order valence-corrected chi connectivity index (χ1v) is 8.58. The number of nitrogens with zero attached hydrogens (tertiary/aromatic N) is 2. The third-order valence-electron chi connectivity index (χ3n) is 4.28. The molecule has 2 aromatic heterocycles. The first-order valence-electron chi connectivity index (χ1n) is 8.58. The summed E-state index contributed by atoms with van der Waals surface area (Å²) in [4.78, 5) is 4.74. The average Bonchev–Trinajstić information content (AvgIpc) is 2.99. The Balaban J connectivity index is 1.79. The summed E-state index contributed by atoms with van der Waals surface area (Å²) in [5, 5.41) is 2.24. The van der Waals surface area contributed by atoms with Crippen molar-refractivity contribution in [2.24, 2.45) is 0 Å². The molecule has 26 heavy (non-hydrogen) atoms. The van der Waals surface area contributed by atoms with Crippen LogP contribution in [0.2, 0.25) is 0 Å². The summed E-state index contributed by atoms with van der Waals surface area (Å²) in [5.41, 5.74) is 1.95. The highest BCUT2D eigenvalue weighted by Gasteiger charge is 2.13. The topological polar surface area (TPSA) is 45.5 Å². The van der Waals surface area contributed by atoms with Crippen LogP contribution in [0.5, 0.6) is 17.4 Å². The predicted molar refractivity (Wildman–Crippen MR) is 102 cm³/mol. The molecule has 2 aromatic carbocycles. The molecular formula is C21H20N2O3. The first-order chi connectivity index (χ1) is 12.8. The normalized spacial score (nSPS) is 11.2. The summed E-state index contributed by atoms with van der Waals surface area (Å²) in [7, 11) is 1.63. The van der Waals surface area contributed by atoms with E-state index in [1.807, 2.05) is 55.5 Å². The summed E-state index contributed by atoms with van der Waals surface area (Å²) in [6, 6.07) is 19.7. The smallest absolute Gasteiger partial charge is 0.221 e. The molecule has 0 aliphatic heterocycles. The highest BCUT2D eigenvalue weighted by atomic mass is 16.5. The zero-order valence-electron chi connectivity index (χ0n) is 14.8. The fourth-order valence-electron chi connectivity index (χ4n) is 3.05. The van der Waals surface area contributed by atoms with E-state index in [1.165, 1.54) is 0 Å². The highest BCUT2D eigenvalue weighted by molar-refractivity contribution is 6.06. The molecule has 0 aliphatic rings. The van der Waals surface area contributed by atoms with Crippen LogP contribution in [0.4, 0.5) is 0 Å². The molecule has 0 aliphatic carbocycles. The Morgan fingerprint density at radius 3 is 2.62 bits per heavy atom. The monoisotopic (exact) mass is 348 g/mol. The number of ether oxygens (including phenoxy) is 3. The van der Waals surface area contributed by atoms with Crippen molar-refractivity contribution in [3.63, 3.8) is 0 Å². The van der Waals surface area contributed by atoms with Crippen LogP contribution in [0.25, 0.3) is 21.9 Å². The second-order valence-electron chi connectivity index (χ2n) is 5.87. The van der Waals surface area contributed by atoms with Crippen LogP contribution in [0.1, 0.15) is 6.92 Å². The summed E-state index contributed by atoms with van der Waals surface area (Å²) in [6.45, 7) is 3.09. The summed E-state index contributed by atoms with van der Waals surface area (Å²) in [6.07, 6.45) is 0. The van der Waals surface area contributed by atoms with Crippen LogP contribution >= 0.6 is 0 Å². The van der Waals surface area contributed by atoms with Crippen molar-refractivity contribution in [2.45, 2.75) is 13.7 Å². The van der Waals surface area contributed by atoms with Crippen molar-refractivity contribution in [1.82, 2.24) is 9.55 Å². The van der Waals surface area contributed by atoms with Gasteiger partial charge >= 0.3 is 0 Å². The number of methoxy groups -OCH3 is 1. The van der Waals surface area contributed by atoms with E-state index < -0.39 is 0 Å². The maximum absolute atomic E-state index is 5.94. The summed E-state index contributed by atoms with van der Waals surface area (Å²) < 4.78 is 18.9. The van der Waals surface area contributed by atoms with Crippen LogP contribution in [0.3, 0.4) is 0 Å². The third-order valence-corrected chi connectivity index (χ3v) is 4.28. The third kappa shape index (κ3) is 2.97. The second-order valence-corrected chi connectivity index (χ2v) is 5.87. The Labute approximate surface area is 151 Å². The molecule has 0 amide bonds. The summed E-state index contributed by atoms with van der Waals surface area (Å²) in [5.74, 6) is 1.96. The van der Waals surface area contributed by atoms with Gasteiger partial charge in [-0.2, -0.15) is 4.98 Å². The van der Waals surface area contributed by atoms with Gasteiger partial charge < -0.3 is 18.8 Å². The number of hydrogen-bond donors (Lipinski definition) is 0. The molecule has 0 N–H and O–H groups in total. The SMILES string of the molecule is CCOCn1c2ccccc2c2ccc(Oc3cccc(OC)c3)nc21. The van der Waals surface area contributed by atoms with E-state index in [9.17, 15) is 0 Å². The van der Waals surface area contributed by atoms with Crippen molar-refractivity contribution in [3.05, 3.63) is 60.7 Å². The van der Waals surface area contributed by atoms with Gasteiger partial charge in [0.1, 0.15) is 23.9 Å². The van der Waals surface area contributed by atoms with Crippen LogP contribution in [-0.2, 0) is 11.5 Å². The van der Waals surface area contributed by atoms with Gasteiger partial charge in [-0.25, -0.2) is 0 Å². The lowest BCUT2D eigenvalue weighted by Gasteiger charge is -2.09. The van der Waals surface area contributed by atoms with E-state index in [1.54, 1.807) is 7.11 Å². The lowest BCUT2D eigenvalue weighted by molar-refractivity contribution is 0.0932. The molecule has 5 nitrogen and oxygen atoms in total. The number of fused-ring (bicyclic) bond motifs is 3. The molecule has 0 radical (unpaired) electrons. The predicted octanol–water partition coefficient (Wildman–Crippen LogP) is 4.98. The minimum Gasteiger partial charge on any atom is -0.497 e. The second kappa shape index (κ2) is 7.06. The van der Waals surface area contributed by atoms with Gasteiger partial charge in [0.15, 0.2) is 0 Å². The first kappa shape index (κ1) is 16.4. The number of aromatic nitrogens is 2. The molecule has 0 saturated carbocycles. The number of benzene rings is 2. The molecule has 0 fully saturated rings. The largest absolute Gasteiger partial charge is 0.497 e. The molecule has 4 rings (SSSR count). The fourth-order valence-corrected chi connectivity index (χ4v) is 3.05. The van der Waals surface area contributed by atoms with Gasteiger partial charge in [0.2, 0.25) is 5.88 Å². The van der Waals surface area contributed by atoms with Gasteiger partial charge in [-0.05, 0) is 31.2 Å². The van der Waals surface area contributed by atoms with Crippen molar-refractivity contribution >= 4 is 21.9 Å². The Bertz CT molecular complexity index is 1060. The maximum atomic E-state index is 5.94. The van der Waals surface area contributed by atoms with Gasteiger partial charge in [-0.15, -0.1) is 0 Å². The van der Waals surface area contributed by atoms with Crippen LogP contribution in [0, 0.1) is 0 Å². The molecule has 4 aromatic rings. The van der Waals surface area contributed by atoms with Crippen molar-refractivity contribution in [2.75, 3.05) is 13.7 Å². The van der Waals surface area contributed by atoms with E-state index in [0.29, 0.717) is 25.0 Å². The van der Waals surface area contributed by atoms with E-state index in [-0.39, 0.29) is 0 Å². The number of rotatable bonds is 6. The average molecular weight is 348 g/mol. The molecule has 0 atom stereocenters. The Kier molecular flexibility index (Phi) is 4.46. The zero-order valence-corrected chi connectivity index (χ0v) is 14.8. The molecule has 5 heteroatoms. The molecule has 0 saturated heterocycles. The zero-order chi connectivity index (χ0) is 17.9. The highest BCUT2D eigenvalue weighted by Crippen LogP contribution is 2.31. The number of para-hydroxylation sites is 1. The van der Waals surface area contributed by atoms with Crippen LogP contribution < -0.4 is 9.47 Å². The molecule has 2 heterocycles. The van der Waals surface area contributed by atoms with E-state index in [0.717, 1.165) is 27.7 Å². The molecular weight excluding hydrogens is 328 g/mol. The molecule has 0 spiro atoms. The van der Waals surface area contributed by atoms with E-state index in [2.05, 4.69) is 16.7 Å². The van der Waals surface area contributed by atoms with E-state index in [4.69, 9.17) is 19.2 Å². The van der Waals surface area contributed by atoms with Crippen molar-refractivity contribution < 1.29 is 14.2 Å². The molecule has 0 unspecified atom stereocenters. The van der Waals surface area contributed by atoms with Crippen molar-refractivity contribution in [1.29, 1.82) is 0 Å². The fraction of sp³-hybridized carbons (Fsp3) is 0.190. The maximum Gasteiger partial charge on any atom is 0.221 e. The van der Waals surface area contributed by atoms with Gasteiger partial charge in [-0.3, -0.25) is 0 Å². The minimum absolute atomic E-state index is 0.454. The Morgan fingerprint density at radius 2 is 1.77 bits per heavy atom. The standard InChI is InChI=1S/C21H20N2O3/c1-3-25-14-23-19-10-5-4-9-17(19)18-11-12-20(22-21(18)23)26-16-8-6-7-15(13-16)24-2/h4-13H,3,14H2,1-2H3. The molecule has 132 valence electrons. The number of hydrogen-bond acceptors (Lipinski definition) is 4. The number of pyridine rings is 1. The summed E-state index contributed by atoms with van der Waals surface area (Å²) >= 11 is 0. The van der Waals surface area contributed by atoms with Gasteiger partial charge in [0.25, 0.3) is 0 Å². The minimum atomic E-state index is 0.454. The lowest BCUT2D eigenvalue weighted by atomic mass is 10.2.